The van der Waals surface area contributed by atoms with Crippen LogP contribution in [0.2, 0.25) is 0 Å². The zero-order valence-corrected chi connectivity index (χ0v) is 40.1. The summed E-state index contributed by atoms with van der Waals surface area (Å²) < 4.78 is 36.1. The summed E-state index contributed by atoms with van der Waals surface area (Å²) in [5, 5.41) is 142. The van der Waals surface area contributed by atoms with Crippen LogP contribution in [-0.4, -0.2) is 203 Å². The summed E-state index contributed by atoms with van der Waals surface area (Å²) in [4.78, 5) is 0. The molecule has 0 aromatic heterocycles. The highest BCUT2D eigenvalue weighted by Crippen LogP contribution is 2.89. The molecule has 388 valence electrons. The molecule has 3 heterocycles. The molecular weight excluding hydrogens is 881 g/mol. The van der Waals surface area contributed by atoms with E-state index in [4.69, 9.17) is 28.4 Å². The minimum Gasteiger partial charge on any atom is -0.394 e. The molecule has 3 saturated heterocycles. The van der Waals surface area contributed by atoms with E-state index in [0.29, 0.717) is 25.7 Å². The third-order valence-electron chi connectivity index (χ3n) is 19.8. The first-order valence-corrected chi connectivity index (χ1v) is 25.0. The van der Waals surface area contributed by atoms with Gasteiger partial charge < -0.3 is 94.8 Å². The highest BCUT2D eigenvalue weighted by molar-refractivity contribution is 5.33. The molecule has 3 aliphatic heterocycles. The maximum atomic E-state index is 12.6. The summed E-state index contributed by atoms with van der Waals surface area (Å²) in [7, 11) is 0. The van der Waals surface area contributed by atoms with Crippen LogP contribution < -0.4 is 0 Å². The van der Waals surface area contributed by atoms with Gasteiger partial charge in [-0.05, 0) is 109 Å². The van der Waals surface area contributed by atoms with Gasteiger partial charge in [0.2, 0.25) is 0 Å². The zero-order chi connectivity index (χ0) is 49.1. The van der Waals surface area contributed by atoms with Crippen LogP contribution in [0.25, 0.3) is 0 Å². The Bertz CT molecular complexity index is 1710. The first kappa shape index (κ1) is 52.6. The number of ether oxygens (including phenoxy) is 6. The van der Waals surface area contributed by atoms with E-state index in [1.54, 1.807) is 0 Å². The van der Waals surface area contributed by atoms with Gasteiger partial charge in [0.25, 0.3) is 0 Å². The van der Waals surface area contributed by atoms with Crippen LogP contribution in [0.4, 0.5) is 0 Å². The molecule has 0 radical (unpaired) electrons. The van der Waals surface area contributed by atoms with Crippen molar-refractivity contribution in [2.45, 2.75) is 223 Å². The fraction of sp³-hybridized carbons (Fsp3) is 1.00. The molecule has 27 unspecified atom stereocenters. The van der Waals surface area contributed by atoms with E-state index in [0.717, 1.165) is 32.1 Å². The highest BCUT2D eigenvalue weighted by Gasteiger charge is 2.85. The Balaban J connectivity index is 1.00. The predicted octanol–water partition coefficient (Wildman–Crippen LogP) is -1.37. The molecule has 8 fully saturated rings. The maximum Gasteiger partial charge on any atom is 0.187 e. The summed E-state index contributed by atoms with van der Waals surface area (Å²) in [6, 6.07) is 0. The van der Waals surface area contributed by atoms with Crippen molar-refractivity contribution in [1.29, 1.82) is 0 Å². The van der Waals surface area contributed by atoms with Gasteiger partial charge in [-0.3, -0.25) is 0 Å². The minimum absolute atomic E-state index is 0.0142. The van der Waals surface area contributed by atoms with Gasteiger partial charge in [0.15, 0.2) is 18.9 Å². The average Bonchev–Trinajstić information content (AvgIpc) is 3.92. The van der Waals surface area contributed by atoms with Crippen LogP contribution in [0.3, 0.4) is 0 Å². The molecule has 13 N–H and O–H groups in total. The van der Waals surface area contributed by atoms with Gasteiger partial charge in [-0.25, -0.2) is 0 Å². The molecule has 5 aliphatic carbocycles. The van der Waals surface area contributed by atoms with E-state index in [-0.39, 0.29) is 51.2 Å². The van der Waals surface area contributed by atoms with Crippen molar-refractivity contribution in [2.75, 3.05) is 19.8 Å². The molecule has 2 spiro atoms. The molecule has 19 heteroatoms. The quantitative estimate of drug-likeness (QED) is 0.0894. The van der Waals surface area contributed by atoms with Crippen LogP contribution in [0.1, 0.15) is 106 Å². The summed E-state index contributed by atoms with van der Waals surface area (Å²) in [5.74, 6) is 0.580. The van der Waals surface area contributed by atoms with Crippen LogP contribution in [-0.2, 0) is 28.4 Å². The van der Waals surface area contributed by atoms with Crippen LogP contribution >= 0.6 is 0 Å². The lowest BCUT2D eigenvalue weighted by Crippen LogP contribution is -2.67. The second-order valence-corrected chi connectivity index (χ2v) is 23.6. The van der Waals surface area contributed by atoms with E-state index < -0.39 is 142 Å². The molecule has 0 aromatic rings. The van der Waals surface area contributed by atoms with Crippen molar-refractivity contribution in [1.82, 2.24) is 0 Å². The number of aliphatic hydroxyl groups excluding tert-OH is 13. The van der Waals surface area contributed by atoms with Gasteiger partial charge in [-0.1, -0.05) is 48.5 Å². The lowest BCUT2D eigenvalue weighted by molar-refractivity contribution is -0.391. The number of fused-ring (bicyclic) bond motifs is 2. The normalized spacial score (nSPS) is 54.7. The molecule has 27 atom stereocenters. The second kappa shape index (κ2) is 18.9. The van der Waals surface area contributed by atoms with E-state index in [9.17, 15) is 66.4 Å². The topological polar surface area (TPSA) is 318 Å². The van der Waals surface area contributed by atoms with Crippen molar-refractivity contribution < 1.29 is 94.8 Å². The summed E-state index contributed by atoms with van der Waals surface area (Å²) in [5.41, 5.74) is -1.61. The minimum atomic E-state index is -1.94. The summed E-state index contributed by atoms with van der Waals surface area (Å²) >= 11 is 0. The molecule has 5 saturated carbocycles. The van der Waals surface area contributed by atoms with Crippen LogP contribution in [0, 0.1) is 56.7 Å². The Morgan fingerprint density at radius 3 is 1.73 bits per heavy atom. The van der Waals surface area contributed by atoms with Crippen molar-refractivity contribution in [3.05, 3.63) is 0 Å². The van der Waals surface area contributed by atoms with E-state index >= 15 is 0 Å². The fourth-order valence-corrected chi connectivity index (χ4v) is 16.0. The maximum absolute atomic E-state index is 12.6. The van der Waals surface area contributed by atoms with Crippen molar-refractivity contribution in [2.24, 2.45) is 56.7 Å². The largest absolute Gasteiger partial charge is 0.394 e. The zero-order valence-electron chi connectivity index (χ0n) is 40.1. The molecule has 0 aromatic carbocycles. The lowest BCUT2D eigenvalue weighted by Gasteiger charge is -2.64. The van der Waals surface area contributed by atoms with E-state index in [2.05, 4.69) is 34.6 Å². The second-order valence-electron chi connectivity index (χ2n) is 23.6. The molecular formula is C48H82O19. The fourth-order valence-electron chi connectivity index (χ4n) is 16.0. The molecule has 8 aliphatic rings. The SMILES string of the molecule is CC(C)C(O)CCC(C)C1C(O)CC2(C)C3CCC4C(C)(C)C(OC5OC(CO)C(O)C(O)C5OC5OC(CO)C(O)C(OC6OC(CO)C(O)C(O)C6O)C5O)CCC45CC35C(O)CC12C. The predicted molar refractivity (Wildman–Crippen MR) is 233 cm³/mol. The Kier molecular flexibility index (Phi) is 14.9. The monoisotopic (exact) mass is 963 g/mol. The Morgan fingerprint density at radius 1 is 0.567 bits per heavy atom. The van der Waals surface area contributed by atoms with Gasteiger partial charge in [-0.2, -0.15) is 0 Å². The first-order valence-electron chi connectivity index (χ1n) is 25.0. The van der Waals surface area contributed by atoms with Crippen LogP contribution in [0.15, 0.2) is 0 Å². The molecule has 19 nitrogen and oxygen atoms in total. The third kappa shape index (κ3) is 8.12. The Morgan fingerprint density at radius 2 is 1.12 bits per heavy atom. The van der Waals surface area contributed by atoms with Gasteiger partial charge in [-0.15, -0.1) is 0 Å². The summed E-state index contributed by atoms with van der Waals surface area (Å²) in [6.07, 6.45) is -20.7. The molecule has 0 amide bonds. The van der Waals surface area contributed by atoms with Crippen molar-refractivity contribution >= 4 is 0 Å². The van der Waals surface area contributed by atoms with Gasteiger partial charge in [0, 0.05) is 5.41 Å². The first-order chi connectivity index (χ1) is 31.4. The number of hydrogen-bond acceptors (Lipinski definition) is 19. The molecule has 0 bridgehead atoms. The lowest BCUT2D eigenvalue weighted by atomic mass is 9.41. The number of aliphatic hydroxyl groups is 13. The van der Waals surface area contributed by atoms with E-state index in [1.165, 1.54) is 0 Å². The van der Waals surface area contributed by atoms with Gasteiger partial charge in [0.05, 0.1) is 44.2 Å². The average molecular weight is 963 g/mol. The molecule has 8 rings (SSSR count). The Labute approximate surface area is 393 Å². The summed E-state index contributed by atoms with van der Waals surface area (Å²) in [6.45, 7) is 12.9. The van der Waals surface area contributed by atoms with E-state index in [1.807, 2.05) is 13.8 Å². The van der Waals surface area contributed by atoms with Crippen molar-refractivity contribution in [3.63, 3.8) is 0 Å². The van der Waals surface area contributed by atoms with Gasteiger partial charge >= 0.3 is 0 Å². The number of rotatable bonds is 14. The standard InChI is InChI=1S/C48H82O19/c1-20(2)22(52)9-8-21(3)31-23(53)14-45(6)28-11-10-27-44(4,5)30(12-13-47(27)19-48(28,47)29(54)15-46(31,45)7)65-43-40(36(59)33(56)25(17-50)64-43)67-42-38(61)39(34(57)26(18-51)63-42)66-41-37(60)35(58)32(55)24(16-49)62-41/h20-43,49-61H,8-19H2,1-7H3. The van der Waals surface area contributed by atoms with Crippen LogP contribution in [0.5, 0.6) is 0 Å². The van der Waals surface area contributed by atoms with Gasteiger partial charge in [0.1, 0.15) is 73.2 Å². The Hall–Kier alpha value is -0.760. The molecule has 67 heavy (non-hydrogen) atoms. The van der Waals surface area contributed by atoms with Crippen molar-refractivity contribution in [3.8, 4) is 0 Å². The third-order valence-corrected chi connectivity index (χ3v) is 19.8. The smallest absolute Gasteiger partial charge is 0.187 e. The highest BCUT2D eigenvalue weighted by atomic mass is 16.8. The number of hydrogen-bond donors (Lipinski definition) is 13.